The first-order valence-electron chi connectivity index (χ1n) is 6.40. The Hall–Kier alpha value is -2.06. The standard InChI is InChI=1S/C14H17N3O2/c15-8-11-3-5-12(6-4-11)9-16-14(18)17-10-13-2-1-7-19-13/h3-6,13H,1-2,7,9-10H2,(H2,16,17,18). The van der Waals surface area contributed by atoms with Gasteiger partial charge in [-0.15, -0.1) is 0 Å². The first-order chi connectivity index (χ1) is 9.28. The van der Waals surface area contributed by atoms with Crippen molar-refractivity contribution in [2.75, 3.05) is 13.2 Å². The number of hydrogen-bond donors (Lipinski definition) is 2. The second-order valence-electron chi connectivity index (χ2n) is 4.51. The second kappa shape index (κ2) is 6.76. The minimum Gasteiger partial charge on any atom is -0.376 e. The molecule has 0 bridgehead atoms. The van der Waals surface area contributed by atoms with Crippen LogP contribution in [0.25, 0.3) is 0 Å². The lowest BCUT2D eigenvalue weighted by molar-refractivity contribution is 0.111. The number of amides is 2. The third-order valence-electron chi connectivity index (χ3n) is 3.05. The van der Waals surface area contributed by atoms with Crippen molar-refractivity contribution in [1.29, 1.82) is 5.26 Å². The fourth-order valence-electron chi connectivity index (χ4n) is 1.95. The highest BCUT2D eigenvalue weighted by molar-refractivity contribution is 5.73. The van der Waals surface area contributed by atoms with Crippen molar-refractivity contribution in [3.8, 4) is 6.07 Å². The second-order valence-corrected chi connectivity index (χ2v) is 4.51. The maximum absolute atomic E-state index is 11.6. The normalized spacial score (nSPS) is 17.7. The van der Waals surface area contributed by atoms with Crippen LogP contribution in [0.15, 0.2) is 24.3 Å². The number of hydrogen-bond acceptors (Lipinski definition) is 3. The molecule has 1 atom stereocenters. The first-order valence-corrected chi connectivity index (χ1v) is 6.40. The quantitative estimate of drug-likeness (QED) is 0.861. The summed E-state index contributed by atoms with van der Waals surface area (Å²) in [5.41, 5.74) is 1.58. The van der Waals surface area contributed by atoms with Crippen LogP contribution >= 0.6 is 0 Å². The van der Waals surface area contributed by atoms with Crippen LogP contribution in [0.2, 0.25) is 0 Å². The highest BCUT2D eigenvalue weighted by Gasteiger charge is 2.15. The van der Waals surface area contributed by atoms with Crippen molar-refractivity contribution in [3.63, 3.8) is 0 Å². The molecule has 19 heavy (non-hydrogen) atoms. The SMILES string of the molecule is N#Cc1ccc(CNC(=O)NCC2CCCO2)cc1. The van der Waals surface area contributed by atoms with E-state index in [0.29, 0.717) is 18.7 Å². The lowest BCUT2D eigenvalue weighted by Crippen LogP contribution is -2.39. The highest BCUT2D eigenvalue weighted by Crippen LogP contribution is 2.10. The van der Waals surface area contributed by atoms with Crippen LogP contribution in [-0.4, -0.2) is 25.3 Å². The third kappa shape index (κ3) is 4.27. The molecule has 1 aliphatic rings. The van der Waals surface area contributed by atoms with E-state index in [2.05, 4.69) is 16.7 Å². The number of benzene rings is 1. The molecular formula is C14H17N3O2. The molecule has 0 aliphatic carbocycles. The van der Waals surface area contributed by atoms with Crippen molar-refractivity contribution >= 4 is 6.03 Å². The molecule has 0 saturated carbocycles. The molecule has 2 N–H and O–H groups in total. The number of nitrogens with zero attached hydrogens (tertiary/aromatic N) is 1. The van der Waals surface area contributed by atoms with Gasteiger partial charge in [0.2, 0.25) is 0 Å². The molecule has 0 radical (unpaired) electrons. The molecular weight excluding hydrogens is 242 g/mol. The average molecular weight is 259 g/mol. The van der Waals surface area contributed by atoms with E-state index in [0.717, 1.165) is 25.0 Å². The zero-order valence-electron chi connectivity index (χ0n) is 10.7. The van der Waals surface area contributed by atoms with E-state index in [-0.39, 0.29) is 12.1 Å². The summed E-state index contributed by atoms with van der Waals surface area (Å²) in [6.07, 6.45) is 2.23. The summed E-state index contributed by atoms with van der Waals surface area (Å²) in [5, 5.41) is 14.2. The Bertz CT molecular complexity index is 459. The summed E-state index contributed by atoms with van der Waals surface area (Å²) in [7, 11) is 0. The van der Waals surface area contributed by atoms with Crippen molar-refractivity contribution in [1.82, 2.24) is 10.6 Å². The molecule has 100 valence electrons. The monoisotopic (exact) mass is 259 g/mol. The van der Waals surface area contributed by atoms with Crippen molar-refractivity contribution in [2.45, 2.75) is 25.5 Å². The first kappa shape index (κ1) is 13.4. The lowest BCUT2D eigenvalue weighted by atomic mass is 10.1. The van der Waals surface area contributed by atoms with Gasteiger partial charge in [0.05, 0.1) is 17.7 Å². The van der Waals surface area contributed by atoms with E-state index in [1.165, 1.54) is 0 Å². The van der Waals surface area contributed by atoms with E-state index in [4.69, 9.17) is 10.00 Å². The molecule has 5 heteroatoms. The third-order valence-corrected chi connectivity index (χ3v) is 3.05. The lowest BCUT2D eigenvalue weighted by Gasteiger charge is -2.11. The van der Waals surface area contributed by atoms with Gasteiger partial charge < -0.3 is 15.4 Å². The summed E-state index contributed by atoms with van der Waals surface area (Å²) in [6.45, 7) is 1.79. The van der Waals surface area contributed by atoms with Gasteiger partial charge in [-0.05, 0) is 30.5 Å². The van der Waals surface area contributed by atoms with Gasteiger partial charge in [0, 0.05) is 19.7 Å². The van der Waals surface area contributed by atoms with Gasteiger partial charge in [-0.1, -0.05) is 12.1 Å². The molecule has 1 heterocycles. The van der Waals surface area contributed by atoms with Crippen LogP contribution in [0, 0.1) is 11.3 Å². The summed E-state index contributed by atoms with van der Waals surface area (Å²) < 4.78 is 5.42. The Kier molecular flexibility index (Phi) is 4.76. The number of carbonyl (C=O) groups is 1. The van der Waals surface area contributed by atoms with Gasteiger partial charge in [-0.25, -0.2) is 4.79 Å². The van der Waals surface area contributed by atoms with Crippen LogP contribution in [-0.2, 0) is 11.3 Å². The van der Waals surface area contributed by atoms with E-state index in [1.54, 1.807) is 12.1 Å². The van der Waals surface area contributed by atoms with E-state index in [1.807, 2.05) is 12.1 Å². The Labute approximate surface area is 112 Å². The van der Waals surface area contributed by atoms with E-state index >= 15 is 0 Å². The van der Waals surface area contributed by atoms with Crippen LogP contribution in [0.1, 0.15) is 24.0 Å². The highest BCUT2D eigenvalue weighted by atomic mass is 16.5. The summed E-state index contributed by atoms with van der Waals surface area (Å²) in [6, 6.07) is 9.00. The zero-order valence-corrected chi connectivity index (χ0v) is 10.7. The van der Waals surface area contributed by atoms with Crippen LogP contribution in [0.3, 0.4) is 0 Å². The molecule has 0 spiro atoms. The summed E-state index contributed by atoms with van der Waals surface area (Å²) >= 11 is 0. The van der Waals surface area contributed by atoms with Crippen LogP contribution in [0.4, 0.5) is 4.79 Å². The van der Waals surface area contributed by atoms with Gasteiger partial charge in [0.25, 0.3) is 0 Å². The Morgan fingerprint density at radius 2 is 2.16 bits per heavy atom. The number of carbonyl (C=O) groups excluding carboxylic acids is 1. The molecule has 1 unspecified atom stereocenters. The van der Waals surface area contributed by atoms with Crippen LogP contribution < -0.4 is 10.6 Å². The largest absolute Gasteiger partial charge is 0.376 e. The minimum absolute atomic E-state index is 0.153. The molecule has 1 aliphatic heterocycles. The number of urea groups is 1. The number of ether oxygens (including phenoxy) is 1. The van der Waals surface area contributed by atoms with Gasteiger partial charge in [0.15, 0.2) is 0 Å². The van der Waals surface area contributed by atoms with E-state index < -0.39 is 0 Å². The molecule has 2 rings (SSSR count). The molecule has 2 amide bonds. The number of nitrogens with one attached hydrogen (secondary N) is 2. The van der Waals surface area contributed by atoms with Crippen molar-refractivity contribution in [3.05, 3.63) is 35.4 Å². The van der Waals surface area contributed by atoms with Gasteiger partial charge in [-0.2, -0.15) is 5.26 Å². The Balaban J connectivity index is 1.69. The fraction of sp³-hybridized carbons (Fsp3) is 0.429. The minimum atomic E-state index is -0.195. The topological polar surface area (TPSA) is 74.2 Å². The Morgan fingerprint density at radius 1 is 1.37 bits per heavy atom. The fourth-order valence-corrected chi connectivity index (χ4v) is 1.95. The molecule has 0 aromatic heterocycles. The van der Waals surface area contributed by atoms with Gasteiger partial charge >= 0.3 is 6.03 Å². The molecule has 1 saturated heterocycles. The van der Waals surface area contributed by atoms with Crippen LogP contribution in [0.5, 0.6) is 0 Å². The predicted octanol–water partition coefficient (Wildman–Crippen LogP) is 1.54. The number of rotatable bonds is 4. The molecule has 5 nitrogen and oxygen atoms in total. The maximum atomic E-state index is 11.6. The van der Waals surface area contributed by atoms with Crippen molar-refractivity contribution in [2.24, 2.45) is 0 Å². The average Bonchev–Trinajstić information content (AvgIpc) is 2.96. The zero-order chi connectivity index (χ0) is 13.5. The molecule has 1 aromatic carbocycles. The van der Waals surface area contributed by atoms with Crippen molar-refractivity contribution < 1.29 is 9.53 Å². The van der Waals surface area contributed by atoms with E-state index in [9.17, 15) is 4.79 Å². The van der Waals surface area contributed by atoms with Gasteiger partial charge in [-0.3, -0.25) is 0 Å². The number of nitriles is 1. The predicted molar refractivity (Wildman–Crippen MR) is 70.4 cm³/mol. The molecule has 1 aromatic rings. The van der Waals surface area contributed by atoms with Gasteiger partial charge in [0.1, 0.15) is 0 Å². The Morgan fingerprint density at radius 3 is 2.79 bits per heavy atom. The molecule has 1 fully saturated rings. The smallest absolute Gasteiger partial charge is 0.315 e. The maximum Gasteiger partial charge on any atom is 0.315 e. The summed E-state index contributed by atoms with van der Waals surface area (Å²) in [4.78, 5) is 11.6. The summed E-state index contributed by atoms with van der Waals surface area (Å²) in [5.74, 6) is 0.